The first-order chi connectivity index (χ1) is 13.9. The monoisotopic (exact) mass is 410 g/mol. The Morgan fingerprint density at radius 3 is 2.41 bits per heavy atom. The number of hydrogen-bond acceptors (Lipinski definition) is 5. The highest BCUT2D eigenvalue weighted by molar-refractivity contribution is 7.20. The van der Waals surface area contributed by atoms with Crippen molar-refractivity contribution in [3.63, 3.8) is 0 Å². The van der Waals surface area contributed by atoms with Gasteiger partial charge in [0, 0.05) is 16.0 Å². The number of hydrogen-bond donors (Lipinski definition) is 2. The third-order valence-corrected chi connectivity index (χ3v) is 5.27. The molecule has 0 aliphatic rings. The summed E-state index contributed by atoms with van der Waals surface area (Å²) in [5.74, 6) is -0.976. The van der Waals surface area contributed by atoms with E-state index in [0.717, 1.165) is 21.2 Å². The van der Waals surface area contributed by atoms with Crippen LogP contribution in [0.3, 0.4) is 0 Å². The SMILES string of the molecule is CCOC(=O)c1cc2cc(NC(=O)CNC(=O)c3cc(C)cc(C)c3)ccc2s1. The maximum Gasteiger partial charge on any atom is 0.348 e. The van der Waals surface area contributed by atoms with E-state index in [1.807, 2.05) is 26.0 Å². The van der Waals surface area contributed by atoms with Gasteiger partial charge in [0.1, 0.15) is 4.88 Å². The van der Waals surface area contributed by atoms with Crippen LogP contribution in [-0.4, -0.2) is 30.9 Å². The van der Waals surface area contributed by atoms with Gasteiger partial charge in [-0.25, -0.2) is 4.79 Å². The Bertz CT molecular complexity index is 1070. The normalized spacial score (nSPS) is 10.6. The van der Waals surface area contributed by atoms with Crippen LogP contribution in [0.2, 0.25) is 0 Å². The number of rotatable bonds is 6. The summed E-state index contributed by atoms with van der Waals surface area (Å²) < 4.78 is 5.94. The van der Waals surface area contributed by atoms with Gasteiger partial charge in [-0.1, -0.05) is 17.2 Å². The Morgan fingerprint density at radius 1 is 1.00 bits per heavy atom. The van der Waals surface area contributed by atoms with E-state index >= 15 is 0 Å². The molecule has 0 aliphatic heterocycles. The van der Waals surface area contributed by atoms with E-state index < -0.39 is 0 Å². The van der Waals surface area contributed by atoms with Gasteiger partial charge in [0.2, 0.25) is 5.91 Å². The summed E-state index contributed by atoms with van der Waals surface area (Å²) in [5, 5.41) is 6.24. The molecule has 29 heavy (non-hydrogen) atoms. The van der Waals surface area contributed by atoms with Gasteiger partial charge in [-0.2, -0.15) is 0 Å². The van der Waals surface area contributed by atoms with Crippen molar-refractivity contribution in [2.75, 3.05) is 18.5 Å². The molecule has 0 radical (unpaired) electrons. The van der Waals surface area contributed by atoms with Crippen molar-refractivity contribution in [3.05, 3.63) is 64.0 Å². The maximum atomic E-state index is 12.3. The van der Waals surface area contributed by atoms with Gasteiger partial charge in [-0.05, 0) is 62.6 Å². The fourth-order valence-electron chi connectivity index (χ4n) is 3.00. The molecule has 2 N–H and O–H groups in total. The molecular formula is C22H22N2O4S. The number of aryl methyl sites for hydroxylation is 2. The summed E-state index contributed by atoms with van der Waals surface area (Å²) >= 11 is 1.34. The maximum absolute atomic E-state index is 12.3. The number of carbonyl (C=O) groups is 3. The summed E-state index contributed by atoms with van der Waals surface area (Å²) in [6.45, 7) is 5.79. The van der Waals surface area contributed by atoms with Crippen molar-refractivity contribution >= 4 is 44.9 Å². The van der Waals surface area contributed by atoms with Crippen LogP contribution >= 0.6 is 11.3 Å². The molecular weight excluding hydrogens is 388 g/mol. The van der Waals surface area contributed by atoms with E-state index in [0.29, 0.717) is 22.7 Å². The predicted molar refractivity (Wildman–Crippen MR) is 115 cm³/mol. The smallest absolute Gasteiger partial charge is 0.348 e. The Morgan fingerprint density at radius 2 is 1.72 bits per heavy atom. The standard InChI is InChI=1S/C22H22N2O4S/c1-4-28-22(27)19-11-15-10-17(5-6-18(15)29-19)24-20(25)12-23-21(26)16-8-13(2)7-14(3)9-16/h5-11H,4,12H2,1-3H3,(H,23,26)(H,24,25). The second-order valence-electron chi connectivity index (χ2n) is 6.69. The second kappa shape index (κ2) is 8.87. The number of benzene rings is 2. The number of esters is 1. The number of ether oxygens (including phenoxy) is 1. The number of nitrogens with one attached hydrogen (secondary N) is 2. The lowest BCUT2D eigenvalue weighted by Gasteiger charge is -2.08. The number of thiophene rings is 1. The molecule has 0 saturated heterocycles. The van der Waals surface area contributed by atoms with Crippen molar-refractivity contribution in [2.24, 2.45) is 0 Å². The molecule has 0 bridgehead atoms. The minimum atomic E-state index is -0.353. The van der Waals surface area contributed by atoms with Crippen LogP contribution in [0.5, 0.6) is 0 Å². The van der Waals surface area contributed by atoms with Crippen molar-refractivity contribution in [1.29, 1.82) is 0 Å². The van der Waals surface area contributed by atoms with Crippen molar-refractivity contribution in [3.8, 4) is 0 Å². The topological polar surface area (TPSA) is 84.5 Å². The van der Waals surface area contributed by atoms with Crippen molar-refractivity contribution in [2.45, 2.75) is 20.8 Å². The van der Waals surface area contributed by atoms with Crippen molar-refractivity contribution in [1.82, 2.24) is 5.32 Å². The number of carbonyl (C=O) groups excluding carboxylic acids is 3. The van der Waals surface area contributed by atoms with Crippen LogP contribution in [0.4, 0.5) is 5.69 Å². The summed E-state index contributed by atoms with van der Waals surface area (Å²) in [4.78, 5) is 36.9. The molecule has 0 aliphatic carbocycles. The molecule has 6 nitrogen and oxygen atoms in total. The van der Waals surface area contributed by atoms with Crippen LogP contribution in [0.1, 0.15) is 38.1 Å². The first-order valence-corrected chi connectivity index (χ1v) is 10.0. The van der Waals surface area contributed by atoms with E-state index in [1.54, 1.807) is 37.3 Å². The highest BCUT2D eigenvalue weighted by Gasteiger charge is 2.13. The van der Waals surface area contributed by atoms with Gasteiger partial charge in [0.15, 0.2) is 0 Å². The van der Waals surface area contributed by atoms with Gasteiger partial charge in [0.25, 0.3) is 5.91 Å². The molecule has 7 heteroatoms. The molecule has 150 valence electrons. The zero-order valence-electron chi connectivity index (χ0n) is 16.5. The molecule has 0 saturated carbocycles. The average Bonchev–Trinajstić information content (AvgIpc) is 3.09. The average molecular weight is 410 g/mol. The third kappa shape index (κ3) is 5.20. The summed E-state index contributed by atoms with van der Waals surface area (Å²) in [6.07, 6.45) is 0. The Labute approximate surface area is 172 Å². The molecule has 0 spiro atoms. The van der Waals surface area contributed by atoms with Crippen LogP contribution in [0, 0.1) is 13.8 Å². The number of fused-ring (bicyclic) bond motifs is 1. The van der Waals surface area contributed by atoms with Gasteiger partial charge in [0.05, 0.1) is 13.2 Å². The number of amides is 2. The highest BCUT2D eigenvalue weighted by Crippen LogP contribution is 2.28. The highest BCUT2D eigenvalue weighted by atomic mass is 32.1. The third-order valence-electron chi connectivity index (χ3n) is 4.17. The Kier molecular flexibility index (Phi) is 6.29. The molecule has 0 unspecified atom stereocenters. The molecule has 2 aromatic carbocycles. The fraction of sp³-hybridized carbons (Fsp3) is 0.227. The summed E-state index contributed by atoms with van der Waals surface area (Å²) in [6, 6.07) is 12.7. The lowest BCUT2D eigenvalue weighted by atomic mass is 10.1. The van der Waals surface area contributed by atoms with E-state index in [2.05, 4.69) is 10.6 Å². The van der Waals surface area contributed by atoms with E-state index in [1.165, 1.54) is 11.3 Å². The number of anilines is 1. The first kappa shape index (κ1) is 20.5. The van der Waals surface area contributed by atoms with Crippen LogP contribution in [-0.2, 0) is 9.53 Å². The Hall–Kier alpha value is -3.19. The van der Waals surface area contributed by atoms with Crippen LogP contribution in [0.25, 0.3) is 10.1 Å². The van der Waals surface area contributed by atoms with Gasteiger partial charge < -0.3 is 15.4 Å². The lowest BCUT2D eigenvalue weighted by molar-refractivity contribution is -0.115. The quantitative estimate of drug-likeness (QED) is 0.600. The van der Waals surface area contributed by atoms with Crippen molar-refractivity contribution < 1.29 is 19.1 Å². The fourth-order valence-corrected chi connectivity index (χ4v) is 3.93. The van der Waals surface area contributed by atoms with Crippen LogP contribution in [0.15, 0.2) is 42.5 Å². The van der Waals surface area contributed by atoms with E-state index in [9.17, 15) is 14.4 Å². The lowest BCUT2D eigenvalue weighted by Crippen LogP contribution is -2.32. The summed E-state index contributed by atoms with van der Waals surface area (Å²) in [7, 11) is 0. The summed E-state index contributed by atoms with van der Waals surface area (Å²) in [5.41, 5.74) is 3.11. The molecule has 2 amide bonds. The van der Waals surface area contributed by atoms with Gasteiger partial charge >= 0.3 is 5.97 Å². The molecule has 1 aromatic heterocycles. The largest absolute Gasteiger partial charge is 0.462 e. The molecule has 0 fully saturated rings. The zero-order valence-corrected chi connectivity index (χ0v) is 17.3. The predicted octanol–water partition coefficient (Wildman–Crippen LogP) is 4.06. The molecule has 3 aromatic rings. The Balaban J connectivity index is 1.62. The van der Waals surface area contributed by atoms with Gasteiger partial charge in [-0.3, -0.25) is 9.59 Å². The van der Waals surface area contributed by atoms with Crippen LogP contribution < -0.4 is 10.6 Å². The minimum absolute atomic E-state index is 0.137. The minimum Gasteiger partial charge on any atom is -0.462 e. The van der Waals surface area contributed by atoms with E-state index in [4.69, 9.17) is 4.74 Å². The second-order valence-corrected chi connectivity index (χ2v) is 7.77. The molecule has 1 heterocycles. The zero-order chi connectivity index (χ0) is 21.0. The molecule has 0 atom stereocenters. The first-order valence-electron chi connectivity index (χ1n) is 9.23. The molecule has 3 rings (SSSR count). The van der Waals surface area contributed by atoms with Gasteiger partial charge in [-0.15, -0.1) is 11.3 Å². The van der Waals surface area contributed by atoms with E-state index in [-0.39, 0.29) is 24.3 Å².